The number of benzene rings is 1. The van der Waals surface area contributed by atoms with Gasteiger partial charge in [-0.1, -0.05) is 6.07 Å². The maximum Gasteiger partial charge on any atom is 0.490 e. The van der Waals surface area contributed by atoms with Crippen molar-refractivity contribution in [3.05, 3.63) is 18.2 Å². The van der Waals surface area contributed by atoms with Gasteiger partial charge in [0.15, 0.2) is 0 Å². The Morgan fingerprint density at radius 3 is 2.62 bits per heavy atom. The van der Waals surface area contributed by atoms with E-state index in [2.05, 4.69) is 5.32 Å². The fourth-order valence-corrected chi connectivity index (χ4v) is 1.11. The van der Waals surface area contributed by atoms with Crippen molar-refractivity contribution in [2.24, 2.45) is 0 Å². The number of hydrogen-bond acceptors (Lipinski definition) is 4. The molecule has 4 N–H and O–H groups in total. The summed E-state index contributed by atoms with van der Waals surface area (Å²) >= 11 is 0. The minimum Gasteiger partial charge on any atom is -0.508 e. The van der Waals surface area contributed by atoms with Gasteiger partial charge in [0.25, 0.3) is 0 Å². The van der Waals surface area contributed by atoms with Crippen LogP contribution in [0.4, 0.5) is 5.69 Å². The Hall–Kier alpha value is -1.20. The molecular weight excluding hydrogens is 169 g/mol. The topological polar surface area (TPSA) is 72.7 Å². The predicted octanol–water partition coefficient (Wildman–Crippen LogP) is -0.496. The number of phenolic OH excluding ortho intramolecular Hbond substituents is 1. The maximum absolute atomic E-state index is 9.14. The van der Waals surface area contributed by atoms with Gasteiger partial charge in [-0.15, -0.1) is 0 Å². The van der Waals surface area contributed by atoms with Crippen molar-refractivity contribution in [1.82, 2.24) is 0 Å². The molecule has 13 heavy (non-hydrogen) atoms. The molecule has 0 spiro atoms. The lowest BCUT2D eigenvalue weighted by Crippen LogP contribution is -2.32. The van der Waals surface area contributed by atoms with E-state index in [0.717, 1.165) is 0 Å². The number of aromatic hydroxyl groups is 1. The Labute approximate surface area is 77.0 Å². The highest BCUT2D eigenvalue weighted by atomic mass is 16.4. The quantitative estimate of drug-likeness (QED) is 0.474. The average Bonchev–Trinajstić information content (AvgIpc) is 2.04. The van der Waals surface area contributed by atoms with Crippen LogP contribution in [0.2, 0.25) is 0 Å². The Morgan fingerprint density at radius 2 is 2.08 bits per heavy atom. The van der Waals surface area contributed by atoms with Crippen LogP contribution in [0.5, 0.6) is 5.75 Å². The first-order valence-corrected chi connectivity index (χ1v) is 4.08. The molecule has 0 radical (unpaired) electrons. The predicted molar refractivity (Wildman–Crippen MR) is 52.1 cm³/mol. The van der Waals surface area contributed by atoms with Gasteiger partial charge in [-0.3, -0.25) is 0 Å². The van der Waals surface area contributed by atoms with Crippen molar-refractivity contribution in [1.29, 1.82) is 0 Å². The highest BCUT2D eigenvalue weighted by Gasteiger charge is 2.15. The van der Waals surface area contributed by atoms with E-state index in [4.69, 9.17) is 15.2 Å². The Morgan fingerprint density at radius 1 is 1.38 bits per heavy atom. The first-order chi connectivity index (χ1) is 6.15. The van der Waals surface area contributed by atoms with E-state index in [1.165, 1.54) is 18.2 Å². The van der Waals surface area contributed by atoms with Crippen LogP contribution in [0.25, 0.3) is 0 Å². The van der Waals surface area contributed by atoms with E-state index >= 15 is 0 Å². The van der Waals surface area contributed by atoms with E-state index in [0.29, 0.717) is 17.7 Å². The number of nitrogens with one attached hydrogen (secondary N) is 1. The van der Waals surface area contributed by atoms with Crippen molar-refractivity contribution >= 4 is 18.3 Å². The molecule has 0 aromatic heterocycles. The summed E-state index contributed by atoms with van der Waals surface area (Å²) in [5.74, 6) is 0.0975. The summed E-state index contributed by atoms with van der Waals surface area (Å²) in [4.78, 5) is 0. The smallest absolute Gasteiger partial charge is 0.490 e. The molecule has 5 heteroatoms. The molecule has 0 unspecified atom stereocenters. The van der Waals surface area contributed by atoms with Gasteiger partial charge >= 0.3 is 7.12 Å². The number of hydrogen-bond donors (Lipinski definition) is 4. The van der Waals surface area contributed by atoms with Gasteiger partial charge in [0.05, 0.1) is 0 Å². The van der Waals surface area contributed by atoms with Crippen molar-refractivity contribution in [2.75, 3.05) is 11.9 Å². The summed E-state index contributed by atoms with van der Waals surface area (Å²) in [6, 6.07) is 4.34. The van der Waals surface area contributed by atoms with Crippen LogP contribution in [0.15, 0.2) is 18.2 Å². The van der Waals surface area contributed by atoms with Crippen LogP contribution in [-0.4, -0.2) is 28.8 Å². The molecule has 70 valence electrons. The van der Waals surface area contributed by atoms with Gasteiger partial charge in [-0.25, -0.2) is 0 Å². The van der Waals surface area contributed by atoms with Gasteiger partial charge in [0, 0.05) is 23.8 Å². The van der Waals surface area contributed by atoms with E-state index in [-0.39, 0.29) is 5.75 Å². The standard InChI is InChI=1S/C8H12BNO3/c1-2-10-8-5-6(11)3-4-7(8)9(12)13/h3-5,10-13H,2H2,1H3. The summed E-state index contributed by atoms with van der Waals surface area (Å²) < 4.78 is 0. The second kappa shape index (κ2) is 4.16. The molecule has 0 atom stereocenters. The largest absolute Gasteiger partial charge is 0.508 e. The molecule has 1 aromatic carbocycles. The van der Waals surface area contributed by atoms with Gasteiger partial charge in [0.2, 0.25) is 0 Å². The third kappa shape index (κ3) is 2.37. The number of rotatable bonds is 3. The SMILES string of the molecule is CCNc1cc(O)ccc1B(O)O. The van der Waals surface area contributed by atoms with Crippen LogP contribution >= 0.6 is 0 Å². The van der Waals surface area contributed by atoms with Crippen molar-refractivity contribution in [3.63, 3.8) is 0 Å². The van der Waals surface area contributed by atoms with Crippen LogP contribution in [0.3, 0.4) is 0 Å². The normalized spacial score (nSPS) is 9.77. The first-order valence-electron chi connectivity index (χ1n) is 4.08. The van der Waals surface area contributed by atoms with Crippen molar-refractivity contribution < 1.29 is 15.2 Å². The van der Waals surface area contributed by atoms with Gasteiger partial charge < -0.3 is 20.5 Å². The molecule has 0 saturated carbocycles. The highest BCUT2D eigenvalue weighted by Crippen LogP contribution is 2.13. The molecule has 4 nitrogen and oxygen atoms in total. The van der Waals surface area contributed by atoms with Crippen molar-refractivity contribution in [3.8, 4) is 5.75 Å². The minimum absolute atomic E-state index is 0.0975. The fourth-order valence-electron chi connectivity index (χ4n) is 1.11. The summed E-state index contributed by atoms with van der Waals surface area (Å²) in [6.07, 6.45) is 0. The molecule has 0 aliphatic heterocycles. The number of phenols is 1. The molecule has 0 bridgehead atoms. The zero-order chi connectivity index (χ0) is 9.84. The molecule has 0 aliphatic rings. The lowest BCUT2D eigenvalue weighted by molar-refractivity contribution is 0.426. The Bertz CT molecular complexity index is 291. The lowest BCUT2D eigenvalue weighted by atomic mass is 9.79. The molecule has 0 heterocycles. The third-order valence-electron chi connectivity index (χ3n) is 1.68. The van der Waals surface area contributed by atoms with E-state index in [1.807, 2.05) is 6.92 Å². The monoisotopic (exact) mass is 181 g/mol. The Kier molecular flexibility index (Phi) is 3.16. The van der Waals surface area contributed by atoms with Crippen LogP contribution < -0.4 is 10.8 Å². The third-order valence-corrected chi connectivity index (χ3v) is 1.68. The molecule has 0 aliphatic carbocycles. The minimum atomic E-state index is -1.52. The van der Waals surface area contributed by atoms with Gasteiger partial charge in [-0.05, 0) is 13.0 Å². The Balaban J connectivity index is 3.03. The molecule has 1 rings (SSSR count). The summed E-state index contributed by atoms with van der Waals surface area (Å²) in [6.45, 7) is 2.54. The zero-order valence-electron chi connectivity index (χ0n) is 7.36. The van der Waals surface area contributed by atoms with E-state index < -0.39 is 7.12 Å². The van der Waals surface area contributed by atoms with Gasteiger partial charge in [0.1, 0.15) is 5.75 Å². The molecule has 0 saturated heterocycles. The van der Waals surface area contributed by atoms with Gasteiger partial charge in [-0.2, -0.15) is 0 Å². The second-order valence-electron chi connectivity index (χ2n) is 2.68. The maximum atomic E-state index is 9.14. The molecule has 0 amide bonds. The van der Waals surface area contributed by atoms with Crippen LogP contribution in [-0.2, 0) is 0 Å². The molecule has 0 fully saturated rings. The van der Waals surface area contributed by atoms with E-state index in [1.54, 1.807) is 0 Å². The summed E-state index contributed by atoms with van der Waals surface area (Å²) in [5.41, 5.74) is 0.900. The summed E-state index contributed by atoms with van der Waals surface area (Å²) in [7, 11) is -1.52. The molecule has 1 aromatic rings. The molecular formula is C8H12BNO3. The highest BCUT2D eigenvalue weighted by molar-refractivity contribution is 6.60. The average molecular weight is 181 g/mol. The summed E-state index contributed by atoms with van der Waals surface area (Å²) in [5, 5.41) is 30.0. The number of anilines is 1. The van der Waals surface area contributed by atoms with Crippen LogP contribution in [0.1, 0.15) is 6.92 Å². The van der Waals surface area contributed by atoms with Crippen molar-refractivity contribution in [2.45, 2.75) is 6.92 Å². The fraction of sp³-hybridized carbons (Fsp3) is 0.250. The second-order valence-corrected chi connectivity index (χ2v) is 2.68. The van der Waals surface area contributed by atoms with E-state index in [9.17, 15) is 0 Å². The van der Waals surface area contributed by atoms with Crippen LogP contribution in [0, 0.1) is 0 Å². The zero-order valence-corrected chi connectivity index (χ0v) is 7.36. The first kappa shape index (κ1) is 9.89. The lowest BCUT2D eigenvalue weighted by Gasteiger charge is -2.09.